The average Bonchev–Trinajstić information content (AvgIpc) is 3.38. The highest BCUT2D eigenvalue weighted by atomic mass is 32.2. The van der Waals surface area contributed by atoms with Gasteiger partial charge in [0.1, 0.15) is 10.8 Å². The summed E-state index contributed by atoms with van der Waals surface area (Å²) >= 11 is 2.64. The number of hydrogen-bond acceptors (Lipinski definition) is 8. The molecule has 1 N–H and O–H groups in total. The minimum Gasteiger partial charge on any atom is -0.482 e. The van der Waals surface area contributed by atoms with E-state index in [1.54, 1.807) is 6.07 Å². The van der Waals surface area contributed by atoms with E-state index < -0.39 is 5.97 Å². The van der Waals surface area contributed by atoms with Gasteiger partial charge in [0.05, 0.1) is 18.4 Å². The van der Waals surface area contributed by atoms with Gasteiger partial charge in [-0.05, 0) is 50.5 Å². The summed E-state index contributed by atoms with van der Waals surface area (Å²) in [4.78, 5) is 25.5. The van der Waals surface area contributed by atoms with E-state index >= 15 is 0 Å². The van der Waals surface area contributed by atoms with Crippen LogP contribution in [0.2, 0.25) is 0 Å². The number of hydrogen-bond donors (Lipinski definition) is 1. The first kappa shape index (κ1) is 24.8. The van der Waals surface area contributed by atoms with Crippen LogP contribution in [0.25, 0.3) is 0 Å². The SMILES string of the molecule is CCc1cc(C(=O)OC)c(NC(=O)CSc2nnc(C(C)Oc3cccc(C)c3C)n2C)s1. The van der Waals surface area contributed by atoms with Gasteiger partial charge in [-0.15, -0.1) is 21.5 Å². The molecule has 1 amide bonds. The highest BCUT2D eigenvalue weighted by Crippen LogP contribution is 2.30. The van der Waals surface area contributed by atoms with E-state index in [9.17, 15) is 9.59 Å². The Balaban J connectivity index is 1.64. The molecule has 3 aromatic rings. The van der Waals surface area contributed by atoms with Crippen molar-refractivity contribution in [3.8, 4) is 5.75 Å². The third-order valence-corrected chi connectivity index (χ3v) is 7.43. The van der Waals surface area contributed by atoms with Gasteiger partial charge in [-0.1, -0.05) is 30.8 Å². The molecule has 10 heteroatoms. The maximum Gasteiger partial charge on any atom is 0.340 e. The molecule has 0 spiro atoms. The number of amides is 1. The van der Waals surface area contributed by atoms with Crippen LogP contribution in [-0.2, 0) is 23.0 Å². The third-order valence-electron chi connectivity index (χ3n) is 5.21. The second-order valence-electron chi connectivity index (χ2n) is 7.50. The smallest absolute Gasteiger partial charge is 0.340 e. The first-order valence-electron chi connectivity index (χ1n) is 10.5. The van der Waals surface area contributed by atoms with Crippen molar-refractivity contribution in [2.45, 2.75) is 45.4 Å². The lowest BCUT2D eigenvalue weighted by Gasteiger charge is -2.16. The molecule has 0 saturated heterocycles. The molecule has 0 saturated carbocycles. The van der Waals surface area contributed by atoms with E-state index in [2.05, 4.69) is 15.5 Å². The summed E-state index contributed by atoms with van der Waals surface area (Å²) in [5.41, 5.74) is 2.62. The van der Waals surface area contributed by atoms with Gasteiger partial charge in [0, 0.05) is 11.9 Å². The number of esters is 1. The maximum absolute atomic E-state index is 12.5. The van der Waals surface area contributed by atoms with Crippen molar-refractivity contribution in [3.05, 3.63) is 51.7 Å². The number of ether oxygens (including phenoxy) is 2. The Bertz CT molecular complexity index is 1160. The fourth-order valence-corrected chi connectivity index (χ4v) is 4.88. The molecular weight excluding hydrogens is 460 g/mol. The quantitative estimate of drug-likeness (QED) is 0.344. The molecule has 3 rings (SSSR count). The first-order valence-corrected chi connectivity index (χ1v) is 12.3. The Labute approximate surface area is 201 Å². The Morgan fingerprint density at radius 2 is 2.03 bits per heavy atom. The second-order valence-corrected chi connectivity index (χ2v) is 9.57. The van der Waals surface area contributed by atoms with Crippen molar-refractivity contribution in [2.75, 3.05) is 18.2 Å². The number of benzene rings is 1. The first-order chi connectivity index (χ1) is 15.7. The Morgan fingerprint density at radius 3 is 2.73 bits per heavy atom. The standard InChI is InChI=1S/C23H28N4O4S2/c1-7-16-11-17(22(29)30-6)21(33-16)24-19(28)12-32-23-26-25-20(27(23)5)15(4)31-18-10-8-9-13(2)14(18)3/h8-11,15H,7,12H2,1-6H3,(H,24,28). The van der Waals surface area contributed by atoms with Crippen LogP contribution in [0.1, 0.15) is 52.1 Å². The molecule has 0 aliphatic carbocycles. The molecule has 33 heavy (non-hydrogen) atoms. The largest absolute Gasteiger partial charge is 0.482 e. The van der Waals surface area contributed by atoms with Crippen LogP contribution >= 0.6 is 23.1 Å². The highest BCUT2D eigenvalue weighted by Gasteiger charge is 2.21. The molecule has 0 bridgehead atoms. The molecule has 1 unspecified atom stereocenters. The summed E-state index contributed by atoms with van der Waals surface area (Å²) in [6.07, 6.45) is 0.455. The van der Waals surface area contributed by atoms with Crippen LogP contribution in [0.3, 0.4) is 0 Å². The zero-order valence-electron chi connectivity index (χ0n) is 19.6. The highest BCUT2D eigenvalue weighted by molar-refractivity contribution is 7.99. The summed E-state index contributed by atoms with van der Waals surface area (Å²) in [5, 5.41) is 12.4. The van der Waals surface area contributed by atoms with Gasteiger partial charge in [-0.3, -0.25) is 4.79 Å². The van der Waals surface area contributed by atoms with Gasteiger partial charge < -0.3 is 19.4 Å². The minimum absolute atomic E-state index is 0.123. The molecule has 0 fully saturated rings. The maximum atomic E-state index is 12.5. The van der Waals surface area contributed by atoms with Gasteiger partial charge >= 0.3 is 5.97 Å². The fraction of sp³-hybridized carbons (Fsp3) is 0.391. The number of nitrogens with one attached hydrogen (secondary N) is 1. The van der Waals surface area contributed by atoms with Crippen molar-refractivity contribution >= 4 is 40.0 Å². The van der Waals surface area contributed by atoms with E-state index in [4.69, 9.17) is 9.47 Å². The van der Waals surface area contributed by atoms with E-state index in [1.807, 2.05) is 57.5 Å². The molecule has 1 aromatic carbocycles. The normalized spacial score (nSPS) is 11.8. The second kappa shape index (κ2) is 10.8. The number of nitrogens with zero attached hydrogens (tertiary/aromatic N) is 3. The summed E-state index contributed by atoms with van der Waals surface area (Å²) in [7, 11) is 3.17. The van der Waals surface area contributed by atoms with E-state index in [-0.39, 0.29) is 17.8 Å². The third kappa shape index (κ3) is 5.75. The Hall–Kier alpha value is -2.85. The molecule has 2 aromatic heterocycles. The molecule has 1 atom stereocenters. The topological polar surface area (TPSA) is 95.3 Å². The van der Waals surface area contributed by atoms with Crippen molar-refractivity contribution in [1.82, 2.24) is 14.8 Å². The van der Waals surface area contributed by atoms with Crippen LogP contribution < -0.4 is 10.1 Å². The Kier molecular flexibility index (Phi) is 8.15. The van der Waals surface area contributed by atoms with E-state index in [1.165, 1.54) is 30.2 Å². The number of anilines is 1. The van der Waals surface area contributed by atoms with Crippen LogP contribution in [-0.4, -0.2) is 39.5 Å². The molecular formula is C23H28N4O4S2. The average molecular weight is 489 g/mol. The summed E-state index contributed by atoms with van der Waals surface area (Å²) in [5.74, 6) is 0.891. The lowest BCUT2D eigenvalue weighted by molar-refractivity contribution is -0.113. The van der Waals surface area contributed by atoms with Crippen molar-refractivity contribution in [3.63, 3.8) is 0 Å². The fourth-order valence-electron chi connectivity index (χ4n) is 3.16. The van der Waals surface area contributed by atoms with Crippen LogP contribution in [0.4, 0.5) is 5.00 Å². The summed E-state index contributed by atoms with van der Waals surface area (Å²) in [6, 6.07) is 7.70. The molecule has 0 aliphatic rings. The van der Waals surface area contributed by atoms with E-state index in [0.717, 1.165) is 28.2 Å². The van der Waals surface area contributed by atoms with Crippen LogP contribution in [0, 0.1) is 13.8 Å². The number of carbonyl (C=O) groups excluding carboxylic acids is 2. The number of aryl methyl sites for hydroxylation is 2. The number of rotatable bonds is 9. The minimum atomic E-state index is -0.468. The lowest BCUT2D eigenvalue weighted by Crippen LogP contribution is -2.16. The molecule has 8 nitrogen and oxygen atoms in total. The van der Waals surface area contributed by atoms with Gasteiger partial charge in [-0.25, -0.2) is 4.79 Å². The number of aromatic nitrogens is 3. The van der Waals surface area contributed by atoms with Crippen LogP contribution in [0.15, 0.2) is 29.4 Å². The van der Waals surface area contributed by atoms with Gasteiger partial charge in [0.2, 0.25) is 5.91 Å². The summed E-state index contributed by atoms with van der Waals surface area (Å²) < 4.78 is 12.8. The van der Waals surface area contributed by atoms with Crippen molar-refractivity contribution < 1.29 is 19.1 Å². The van der Waals surface area contributed by atoms with E-state index in [0.29, 0.717) is 21.5 Å². The summed E-state index contributed by atoms with van der Waals surface area (Å²) in [6.45, 7) is 7.98. The number of carbonyl (C=O) groups is 2. The number of thiophene rings is 1. The zero-order valence-corrected chi connectivity index (χ0v) is 21.2. The number of methoxy groups -OCH3 is 1. The molecule has 0 aliphatic heterocycles. The van der Waals surface area contributed by atoms with Crippen molar-refractivity contribution in [2.24, 2.45) is 7.05 Å². The molecule has 0 radical (unpaired) electrons. The van der Waals surface area contributed by atoms with Crippen molar-refractivity contribution in [1.29, 1.82) is 0 Å². The Morgan fingerprint density at radius 1 is 1.27 bits per heavy atom. The lowest BCUT2D eigenvalue weighted by atomic mass is 10.1. The monoisotopic (exact) mass is 488 g/mol. The predicted octanol–water partition coefficient (Wildman–Crippen LogP) is 4.71. The molecule has 176 valence electrons. The predicted molar refractivity (Wildman–Crippen MR) is 130 cm³/mol. The zero-order chi connectivity index (χ0) is 24.1. The van der Waals surface area contributed by atoms with Crippen LogP contribution in [0.5, 0.6) is 5.75 Å². The van der Waals surface area contributed by atoms with Gasteiger partial charge in [0.25, 0.3) is 0 Å². The molecule has 2 heterocycles. The van der Waals surface area contributed by atoms with Gasteiger partial charge in [0.15, 0.2) is 17.1 Å². The van der Waals surface area contributed by atoms with Gasteiger partial charge in [-0.2, -0.15) is 0 Å². The number of thioether (sulfide) groups is 1.